The van der Waals surface area contributed by atoms with Crippen LogP contribution in [0, 0.1) is 0 Å². The highest BCUT2D eigenvalue weighted by atomic mass is 16.2. The second-order valence-electron chi connectivity index (χ2n) is 5.74. The van der Waals surface area contributed by atoms with Crippen molar-refractivity contribution in [1.82, 2.24) is 5.32 Å². The highest BCUT2D eigenvalue weighted by molar-refractivity contribution is 5.86. The van der Waals surface area contributed by atoms with Crippen LogP contribution in [0.1, 0.15) is 38.2 Å². The first-order valence-corrected chi connectivity index (χ1v) is 7.40. The number of hydrogen-bond acceptors (Lipinski definition) is 2. The molecule has 0 bridgehead atoms. The summed E-state index contributed by atoms with van der Waals surface area (Å²) in [5, 5.41) is 3.21. The first-order chi connectivity index (χ1) is 9.25. The van der Waals surface area contributed by atoms with E-state index >= 15 is 0 Å². The molecule has 3 rings (SSSR count). The third kappa shape index (κ3) is 2.46. The number of nitrogens with one attached hydrogen (secondary N) is 1. The summed E-state index contributed by atoms with van der Waals surface area (Å²) >= 11 is 0. The van der Waals surface area contributed by atoms with E-state index in [1.165, 1.54) is 24.1 Å². The topological polar surface area (TPSA) is 32.3 Å². The van der Waals surface area contributed by atoms with Crippen LogP contribution in [-0.4, -0.2) is 24.5 Å². The highest BCUT2D eigenvalue weighted by Gasteiger charge is 2.28. The van der Waals surface area contributed by atoms with E-state index in [2.05, 4.69) is 34.5 Å². The van der Waals surface area contributed by atoms with Gasteiger partial charge in [-0.1, -0.05) is 31.0 Å². The van der Waals surface area contributed by atoms with Crippen LogP contribution in [0.4, 0.5) is 5.69 Å². The van der Waals surface area contributed by atoms with Gasteiger partial charge in [0.15, 0.2) is 0 Å². The molecule has 1 aromatic rings. The van der Waals surface area contributed by atoms with Gasteiger partial charge in [0.25, 0.3) is 0 Å². The van der Waals surface area contributed by atoms with Crippen LogP contribution >= 0.6 is 0 Å². The van der Waals surface area contributed by atoms with Crippen molar-refractivity contribution in [3.8, 4) is 0 Å². The number of amides is 1. The van der Waals surface area contributed by atoms with Gasteiger partial charge in [0.2, 0.25) is 5.91 Å². The summed E-state index contributed by atoms with van der Waals surface area (Å²) in [4.78, 5) is 14.6. The van der Waals surface area contributed by atoms with E-state index in [0.717, 1.165) is 25.8 Å². The molecule has 1 atom stereocenters. The van der Waals surface area contributed by atoms with Crippen molar-refractivity contribution < 1.29 is 4.79 Å². The van der Waals surface area contributed by atoms with Crippen LogP contribution in [0.15, 0.2) is 24.3 Å². The number of fused-ring (bicyclic) bond motifs is 1. The Balaban J connectivity index is 1.67. The molecule has 1 amide bonds. The Morgan fingerprint density at radius 1 is 1.32 bits per heavy atom. The highest BCUT2D eigenvalue weighted by Crippen LogP contribution is 2.29. The lowest BCUT2D eigenvalue weighted by Gasteiger charge is -2.27. The van der Waals surface area contributed by atoms with Crippen LogP contribution in [-0.2, 0) is 11.2 Å². The zero-order valence-corrected chi connectivity index (χ0v) is 11.6. The fourth-order valence-corrected chi connectivity index (χ4v) is 3.30. The average molecular weight is 258 g/mol. The lowest BCUT2D eigenvalue weighted by Crippen LogP contribution is -2.47. The number of para-hydroxylation sites is 1. The summed E-state index contributed by atoms with van der Waals surface area (Å²) in [6, 6.07) is 8.76. The molecular formula is C16H22N2O. The molecule has 0 radical (unpaired) electrons. The number of nitrogens with zero attached hydrogens (tertiary/aromatic N) is 1. The molecule has 1 N–H and O–H groups in total. The van der Waals surface area contributed by atoms with Crippen molar-refractivity contribution in [1.29, 1.82) is 0 Å². The quantitative estimate of drug-likeness (QED) is 0.903. The SMILES string of the molecule is C[C@@H](C(=O)NC1CCCC1)N1CCc2ccccc21. The molecule has 0 spiro atoms. The second kappa shape index (κ2) is 5.24. The molecule has 1 aliphatic carbocycles. The van der Waals surface area contributed by atoms with Crippen LogP contribution in [0.25, 0.3) is 0 Å². The molecule has 3 nitrogen and oxygen atoms in total. The van der Waals surface area contributed by atoms with Crippen LogP contribution in [0.2, 0.25) is 0 Å². The predicted molar refractivity (Wildman–Crippen MR) is 77.4 cm³/mol. The number of rotatable bonds is 3. The largest absolute Gasteiger partial charge is 0.359 e. The fraction of sp³-hybridized carbons (Fsp3) is 0.562. The van der Waals surface area contributed by atoms with Gasteiger partial charge in [-0.25, -0.2) is 0 Å². The van der Waals surface area contributed by atoms with E-state index in [9.17, 15) is 4.79 Å². The monoisotopic (exact) mass is 258 g/mol. The third-order valence-electron chi connectivity index (χ3n) is 4.47. The number of benzene rings is 1. The Morgan fingerprint density at radius 3 is 2.84 bits per heavy atom. The summed E-state index contributed by atoms with van der Waals surface area (Å²) in [6.07, 6.45) is 5.86. The van der Waals surface area contributed by atoms with E-state index in [4.69, 9.17) is 0 Å². The number of hydrogen-bond donors (Lipinski definition) is 1. The summed E-state index contributed by atoms with van der Waals surface area (Å²) in [7, 11) is 0. The average Bonchev–Trinajstić information content (AvgIpc) is 3.06. The number of anilines is 1. The van der Waals surface area contributed by atoms with Gasteiger partial charge in [0.1, 0.15) is 6.04 Å². The summed E-state index contributed by atoms with van der Waals surface area (Å²) in [5.74, 6) is 0.184. The Labute approximate surface area is 115 Å². The smallest absolute Gasteiger partial charge is 0.242 e. The maximum atomic E-state index is 12.3. The standard InChI is InChI=1S/C16H22N2O/c1-12(16(19)17-14-7-3-4-8-14)18-11-10-13-6-2-5-9-15(13)18/h2,5-6,9,12,14H,3-4,7-8,10-11H2,1H3,(H,17,19)/t12-/m0/s1. The van der Waals surface area contributed by atoms with Gasteiger partial charge in [0, 0.05) is 18.3 Å². The van der Waals surface area contributed by atoms with Crippen LogP contribution in [0.5, 0.6) is 0 Å². The van der Waals surface area contributed by atoms with E-state index in [-0.39, 0.29) is 11.9 Å². The zero-order valence-electron chi connectivity index (χ0n) is 11.6. The molecule has 1 heterocycles. The van der Waals surface area contributed by atoms with E-state index in [1.54, 1.807) is 0 Å². The summed E-state index contributed by atoms with van der Waals surface area (Å²) in [6.45, 7) is 2.98. The zero-order chi connectivity index (χ0) is 13.2. The second-order valence-corrected chi connectivity index (χ2v) is 5.74. The molecule has 0 unspecified atom stereocenters. The minimum absolute atomic E-state index is 0.0655. The maximum Gasteiger partial charge on any atom is 0.242 e. The van der Waals surface area contributed by atoms with E-state index in [1.807, 2.05) is 6.92 Å². The number of carbonyl (C=O) groups excluding carboxylic acids is 1. The molecule has 2 aliphatic rings. The summed E-state index contributed by atoms with van der Waals surface area (Å²) in [5.41, 5.74) is 2.60. The fourth-order valence-electron chi connectivity index (χ4n) is 3.30. The molecule has 102 valence electrons. The van der Waals surface area contributed by atoms with Crippen molar-refractivity contribution in [2.75, 3.05) is 11.4 Å². The maximum absolute atomic E-state index is 12.3. The lowest BCUT2D eigenvalue weighted by atomic mass is 10.1. The van der Waals surface area contributed by atoms with Crippen molar-refractivity contribution in [2.45, 2.75) is 51.1 Å². The minimum atomic E-state index is -0.0655. The van der Waals surface area contributed by atoms with Gasteiger partial charge >= 0.3 is 0 Å². The van der Waals surface area contributed by atoms with Crippen molar-refractivity contribution in [2.24, 2.45) is 0 Å². The summed E-state index contributed by atoms with van der Waals surface area (Å²) < 4.78 is 0. The van der Waals surface area contributed by atoms with Gasteiger partial charge in [0.05, 0.1) is 0 Å². The van der Waals surface area contributed by atoms with Crippen molar-refractivity contribution in [3.05, 3.63) is 29.8 Å². The van der Waals surface area contributed by atoms with Crippen LogP contribution < -0.4 is 10.2 Å². The first-order valence-electron chi connectivity index (χ1n) is 7.40. The Kier molecular flexibility index (Phi) is 3.45. The van der Waals surface area contributed by atoms with Gasteiger partial charge < -0.3 is 10.2 Å². The first kappa shape index (κ1) is 12.5. The molecule has 19 heavy (non-hydrogen) atoms. The third-order valence-corrected chi connectivity index (χ3v) is 4.47. The molecule has 1 aromatic carbocycles. The minimum Gasteiger partial charge on any atom is -0.359 e. The predicted octanol–water partition coefficient (Wildman–Crippen LogP) is 2.50. The Morgan fingerprint density at radius 2 is 2.05 bits per heavy atom. The Hall–Kier alpha value is -1.51. The molecule has 1 aliphatic heterocycles. The molecule has 1 fully saturated rings. The lowest BCUT2D eigenvalue weighted by molar-refractivity contribution is -0.122. The van der Waals surface area contributed by atoms with E-state index < -0.39 is 0 Å². The molecular weight excluding hydrogens is 236 g/mol. The van der Waals surface area contributed by atoms with Gasteiger partial charge in [-0.3, -0.25) is 4.79 Å². The van der Waals surface area contributed by atoms with Crippen molar-refractivity contribution >= 4 is 11.6 Å². The Bertz CT molecular complexity index is 466. The molecule has 0 aromatic heterocycles. The van der Waals surface area contributed by atoms with Gasteiger partial charge in [-0.2, -0.15) is 0 Å². The molecule has 0 saturated heterocycles. The van der Waals surface area contributed by atoms with Gasteiger partial charge in [-0.15, -0.1) is 0 Å². The van der Waals surface area contributed by atoms with E-state index in [0.29, 0.717) is 6.04 Å². The van der Waals surface area contributed by atoms with Crippen LogP contribution in [0.3, 0.4) is 0 Å². The normalized spacial score (nSPS) is 20.4. The van der Waals surface area contributed by atoms with Gasteiger partial charge in [-0.05, 0) is 37.8 Å². The number of carbonyl (C=O) groups is 1. The molecule has 3 heteroatoms. The van der Waals surface area contributed by atoms with Crippen molar-refractivity contribution in [3.63, 3.8) is 0 Å². The molecule has 1 saturated carbocycles.